The zero-order valence-corrected chi connectivity index (χ0v) is 16.5. The first-order valence-corrected chi connectivity index (χ1v) is 8.51. The molecule has 0 aromatic heterocycles. The first-order valence-electron chi connectivity index (χ1n) is 7.04. The van der Waals surface area contributed by atoms with E-state index in [2.05, 4.69) is 0 Å². The standard InChI is InChI=1S/C13H28O4S.K/c1-3-9-13(18(15,16)17)11-8-6-5-7-10-12(14)4-2;/h12-14H,3-11H2,1-2H3,(H,15,16,17);/q;+1/p-1. The van der Waals surface area contributed by atoms with Crippen molar-refractivity contribution in [2.75, 3.05) is 0 Å². The molecule has 0 amide bonds. The average molecular weight is 319 g/mol. The van der Waals surface area contributed by atoms with Gasteiger partial charge in [-0.2, -0.15) is 0 Å². The largest absolute Gasteiger partial charge is 1.00 e. The average Bonchev–Trinajstić information content (AvgIpc) is 2.30. The van der Waals surface area contributed by atoms with Crippen molar-refractivity contribution in [3.8, 4) is 0 Å². The topological polar surface area (TPSA) is 77.4 Å². The Balaban J connectivity index is 0. The van der Waals surface area contributed by atoms with Gasteiger partial charge in [-0.15, -0.1) is 0 Å². The van der Waals surface area contributed by atoms with Gasteiger partial charge in [-0.05, 0) is 25.7 Å². The second-order valence-corrected chi connectivity index (χ2v) is 6.61. The van der Waals surface area contributed by atoms with Crippen molar-refractivity contribution in [1.29, 1.82) is 0 Å². The second kappa shape index (κ2) is 13.2. The summed E-state index contributed by atoms with van der Waals surface area (Å²) in [5.74, 6) is 0. The first-order chi connectivity index (χ1) is 8.41. The molecule has 6 heteroatoms. The Bertz CT molecular complexity index is 293. The van der Waals surface area contributed by atoms with Crippen molar-refractivity contribution >= 4 is 10.1 Å². The second-order valence-electron chi connectivity index (χ2n) is 4.96. The van der Waals surface area contributed by atoms with Gasteiger partial charge < -0.3 is 9.66 Å². The van der Waals surface area contributed by atoms with Crippen molar-refractivity contribution in [3.05, 3.63) is 0 Å². The maximum absolute atomic E-state index is 11.0. The first kappa shape index (κ1) is 22.8. The molecule has 0 bridgehead atoms. The van der Waals surface area contributed by atoms with E-state index in [0.717, 1.165) is 44.9 Å². The molecule has 19 heavy (non-hydrogen) atoms. The van der Waals surface area contributed by atoms with Crippen LogP contribution in [0.5, 0.6) is 0 Å². The molecule has 1 N–H and O–H groups in total. The Morgan fingerprint density at radius 2 is 1.53 bits per heavy atom. The van der Waals surface area contributed by atoms with Crippen LogP contribution < -0.4 is 51.4 Å². The molecule has 0 saturated carbocycles. The van der Waals surface area contributed by atoms with E-state index in [1.807, 2.05) is 13.8 Å². The molecule has 0 heterocycles. The predicted octanol–water partition coefficient (Wildman–Crippen LogP) is -0.184. The Morgan fingerprint density at radius 3 is 1.95 bits per heavy atom. The monoisotopic (exact) mass is 318 g/mol. The van der Waals surface area contributed by atoms with Crippen LogP contribution in [0.3, 0.4) is 0 Å². The van der Waals surface area contributed by atoms with Gasteiger partial charge in [0.05, 0.1) is 16.2 Å². The smallest absolute Gasteiger partial charge is 0.748 e. The number of aliphatic hydroxyl groups is 1. The van der Waals surface area contributed by atoms with E-state index in [1.165, 1.54) is 0 Å². The van der Waals surface area contributed by atoms with Crippen LogP contribution in [0.4, 0.5) is 0 Å². The third-order valence-corrected chi connectivity index (χ3v) is 4.59. The molecule has 0 saturated heterocycles. The van der Waals surface area contributed by atoms with Crippen LogP contribution in [0.1, 0.15) is 71.6 Å². The Hall–Kier alpha value is 1.51. The van der Waals surface area contributed by atoms with Crippen LogP contribution in [-0.2, 0) is 10.1 Å². The van der Waals surface area contributed by atoms with Gasteiger partial charge >= 0.3 is 51.4 Å². The number of hydrogen-bond acceptors (Lipinski definition) is 4. The summed E-state index contributed by atoms with van der Waals surface area (Å²) in [6, 6.07) is 0. The van der Waals surface area contributed by atoms with Gasteiger partial charge in [0.15, 0.2) is 0 Å². The molecule has 0 aromatic carbocycles. The van der Waals surface area contributed by atoms with Crippen LogP contribution in [-0.4, -0.2) is 29.4 Å². The molecule has 2 unspecified atom stereocenters. The SMILES string of the molecule is CCCC(CCCCCCC(O)CC)S(=O)(=O)[O-].[K+]. The van der Waals surface area contributed by atoms with Crippen molar-refractivity contribution in [1.82, 2.24) is 0 Å². The van der Waals surface area contributed by atoms with E-state index in [9.17, 15) is 18.1 Å². The Morgan fingerprint density at radius 1 is 1.00 bits per heavy atom. The van der Waals surface area contributed by atoms with Crippen LogP contribution in [0, 0.1) is 0 Å². The van der Waals surface area contributed by atoms with E-state index in [1.54, 1.807) is 0 Å². The Kier molecular flexibility index (Phi) is 15.8. The summed E-state index contributed by atoms with van der Waals surface area (Å²) in [6.45, 7) is 3.85. The summed E-state index contributed by atoms with van der Waals surface area (Å²) in [4.78, 5) is 0. The van der Waals surface area contributed by atoms with Gasteiger partial charge in [-0.3, -0.25) is 0 Å². The minimum atomic E-state index is -4.13. The van der Waals surface area contributed by atoms with Crippen molar-refractivity contribution in [2.45, 2.75) is 83.0 Å². The minimum Gasteiger partial charge on any atom is -0.748 e. The molecule has 0 spiro atoms. The van der Waals surface area contributed by atoms with Crippen LogP contribution in [0.15, 0.2) is 0 Å². The summed E-state index contributed by atoms with van der Waals surface area (Å²) in [5.41, 5.74) is 0. The normalized spacial score (nSPS) is 14.7. The summed E-state index contributed by atoms with van der Waals surface area (Å²) >= 11 is 0. The molecule has 0 fully saturated rings. The number of hydrogen-bond donors (Lipinski definition) is 1. The molecule has 0 radical (unpaired) electrons. The predicted molar refractivity (Wildman–Crippen MR) is 72.4 cm³/mol. The molecule has 2 atom stereocenters. The molecular weight excluding hydrogens is 291 g/mol. The number of unbranched alkanes of at least 4 members (excludes halogenated alkanes) is 3. The molecule has 0 aromatic rings. The molecule has 0 rings (SSSR count). The zero-order valence-electron chi connectivity index (χ0n) is 12.6. The van der Waals surface area contributed by atoms with Crippen LogP contribution >= 0.6 is 0 Å². The zero-order chi connectivity index (χ0) is 14.0. The fourth-order valence-electron chi connectivity index (χ4n) is 2.06. The molecule has 0 aliphatic rings. The van der Waals surface area contributed by atoms with E-state index in [4.69, 9.17) is 0 Å². The van der Waals surface area contributed by atoms with Gasteiger partial charge in [-0.1, -0.05) is 46.0 Å². The number of aliphatic hydroxyl groups excluding tert-OH is 1. The third-order valence-electron chi connectivity index (χ3n) is 3.30. The van der Waals surface area contributed by atoms with Gasteiger partial charge in [0.2, 0.25) is 0 Å². The van der Waals surface area contributed by atoms with Gasteiger partial charge in [-0.25, -0.2) is 8.42 Å². The van der Waals surface area contributed by atoms with E-state index < -0.39 is 15.4 Å². The quantitative estimate of drug-likeness (QED) is 0.326. The molecular formula is C13H27KO4S. The van der Waals surface area contributed by atoms with Gasteiger partial charge in [0.25, 0.3) is 0 Å². The fourth-order valence-corrected chi connectivity index (χ4v) is 3.04. The van der Waals surface area contributed by atoms with Gasteiger partial charge in [0.1, 0.15) is 0 Å². The van der Waals surface area contributed by atoms with E-state index in [-0.39, 0.29) is 57.5 Å². The van der Waals surface area contributed by atoms with Crippen molar-refractivity contribution in [3.63, 3.8) is 0 Å². The summed E-state index contributed by atoms with van der Waals surface area (Å²) in [7, 11) is -4.13. The van der Waals surface area contributed by atoms with Crippen molar-refractivity contribution < 1.29 is 69.5 Å². The molecule has 110 valence electrons. The maximum atomic E-state index is 11.0. The molecule has 0 aliphatic heterocycles. The number of rotatable bonds is 11. The van der Waals surface area contributed by atoms with E-state index in [0.29, 0.717) is 12.8 Å². The van der Waals surface area contributed by atoms with Gasteiger partial charge in [0, 0.05) is 5.25 Å². The maximum Gasteiger partial charge on any atom is 1.00 e. The molecule has 4 nitrogen and oxygen atoms in total. The third kappa shape index (κ3) is 12.9. The minimum absolute atomic E-state index is 0. The van der Waals surface area contributed by atoms with Crippen molar-refractivity contribution in [2.24, 2.45) is 0 Å². The summed E-state index contributed by atoms with van der Waals surface area (Å²) in [6.07, 6.45) is 6.76. The van der Waals surface area contributed by atoms with Crippen LogP contribution in [0.25, 0.3) is 0 Å². The fraction of sp³-hybridized carbons (Fsp3) is 1.00. The molecule has 0 aliphatic carbocycles. The van der Waals surface area contributed by atoms with E-state index >= 15 is 0 Å². The summed E-state index contributed by atoms with van der Waals surface area (Å²) in [5, 5.41) is 8.65. The van der Waals surface area contributed by atoms with Crippen LogP contribution in [0.2, 0.25) is 0 Å². The Labute approximate surface area is 160 Å². The summed E-state index contributed by atoms with van der Waals surface area (Å²) < 4.78 is 32.9.